The van der Waals surface area contributed by atoms with Crippen molar-refractivity contribution in [2.75, 3.05) is 5.73 Å². The molecule has 5 aromatic rings. The highest BCUT2D eigenvalue weighted by molar-refractivity contribution is 5.92. The molecule has 0 aromatic carbocycles. The number of amidine groups is 1. The van der Waals surface area contributed by atoms with Crippen molar-refractivity contribution in [2.24, 2.45) is 10.7 Å². The van der Waals surface area contributed by atoms with Gasteiger partial charge >= 0.3 is 5.69 Å². The average molecular weight is 855 g/mol. The number of hydrogen-bond acceptors (Lipinski definition) is 14. The number of aromatic nitrogens is 10. The lowest BCUT2D eigenvalue weighted by Gasteiger charge is -2.29. The van der Waals surface area contributed by atoms with Gasteiger partial charge in [0.05, 0.1) is 12.7 Å². The normalized spacial score (nSPS) is 13.5. The largest absolute Gasteiger partial charge is 0.384 e. The number of nitrogen functional groups attached to an aromatic ring is 1. The monoisotopic (exact) mass is 855 g/mol. The summed E-state index contributed by atoms with van der Waals surface area (Å²) in [6.45, 7) is 33.0. The third kappa shape index (κ3) is 12.9. The second-order valence-electron chi connectivity index (χ2n) is 15.7. The van der Waals surface area contributed by atoms with Gasteiger partial charge in [-0.25, -0.2) is 34.7 Å². The van der Waals surface area contributed by atoms with Crippen molar-refractivity contribution in [2.45, 2.75) is 120 Å². The Kier molecular flexibility index (Phi) is 17.0. The topological polar surface area (TPSA) is 262 Å². The van der Waals surface area contributed by atoms with Crippen molar-refractivity contribution in [1.82, 2.24) is 63.7 Å². The molecule has 0 saturated heterocycles. The maximum atomic E-state index is 11.5. The van der Waals surface area contributed by atoms with Gasteiger partial charge in [0.2, 0.25) is 0 Å². The summed E-state index contributed by atoms with van der Waals surface area (Å²) in [6.07, 6.45) is 11.9. The maximum absolute atomic E-state index is 11.5. The van der Waals surface area contributed by atoms with E-state index in [1.54, 1.807) is 45.0 Å². The molecule has 7 heterocycles. The van der Waals surface area contributed by atoms with Crippen molar-refractivity contribution >= 4 is 39.9 Å². The molecule has 0 unspecified atom stereocenters. The molecule has 2 aliphatic rings. The maximum Gasteiger partial charge on any atom is 0.328 e. The smallest absolute Gasteiger partial charge is 0.328 e. The van der Waals surface area contributed by atoms with E-state index >= 15 is 0 Å². The summed E-state index contributed by atoms with van der Waals surface area (Å²) in [4.78, 5) is 78.0. The Morgan fingerprint density at radius 2 is 1.16 bits per heavy atom. The van der Waals surface area contributed by atoms with Crippen molar-refractivity contribution in [3.8, 4) is 0 Å². The Morgan fingerprint density at radius 3 is 1.68 bits per heavy atom. The number of nitrogens with two attached hydrogens (primary N) is 2. The number of fused-ring (bicyclic) bond motifs is 2. The average Bonchev–Trinajstić information content (AvgIpc) is 3.79. The minimum atomic E-state index is -0.347. The Balaban J connectivity index is 0.000000207. The number of imidazole rings is 2. The van der Waals surface area contributed by atoms with Gasteiger partial charge in [-0.2, -0.15) is 0 Å². The molecule has 0 spiro atoms. The summed E-state index contributed by atoms with van der Waals surface area (Å²) < 4.78 is 5.37. The molecule has 0 bridgehead atoms. The summed E-state index contributed by atoms with van der Waals surface area (Å²) in [7, 11) is 0. The van der Waals surface area contributed by atoms with Crippen LogP contribution in [-0.4, -0.2) is 82.2 Å². The summed E-state index contributed by atoms with van der Waals surface area (Å²) in [5.74, 6) is 3.51. The molecule has 334 valence electrons. The van der Waals surface area contributed by atoms with Gasteiger partial charge in [0.1, 0.15) is 34.6 Å². The first-order valence-electron chi connectivity index (χ1n) is 20.1. The zero-order valence-corrected chi connectivity index (χ0v) is 38.0. The standard InChI is InChI=1S/C9H13N5.C9H12N4O.C8H13N3.C8H12N2O2.C8H12N2O/c1-5(2)14-4-11-7-8(10)12-6(3)13-9(7)14;1-5(2)13-4-10-7-8(13)11-6(3)12-9(7)14;1-6(2)11-5-4-8(9)10-7(11)3;1-5(2)10-4-6(3)7(11)9-8(10)12;1-6(2)10-5-4-8(11)9-7(10)3/h4-5H,1-3H3,(H2,10,12,13);4-5H,1-3H3,(H,11,12,14);4-6H,3H2,1-2H3,(H2,9,10);4-5H,1-3H3,(H,9,11,12);4-6H,3H2,1-2H3,(H,9,11). The number of carbonyl (C=O) groups excluding carboxylic acids is 1. The lowest BCUT2D eigenvalue weighted by molar-refractivity contribution is -0.116. The Bertz CT molecular complexity index is 2650. The zero-order chi connectivity index (χ0) is 46.7. The number of rotatable bonds is 5. The Labute approximate surface area is 360 Å². The SMILES string of the molecule is C=C1N=C(N)C=CN1C(C)C.C=C1NC(=O)C=CN1C(C)C.Cc1cn(C(C)C)c(=O)[nH]c1=O.Cc1nc(N)c2ncn(C(C)C)c2n1.Cc1nc2c(ncn2C(C)C)c(=O)[nH]1. The fourth-order valence-corrected chi connectivity index (χ4v) is 5.74. The van der Waals surface area contributed by atoms with Crippen LogP contribution in [0.5, 0.6) is 0 Å². The number of aryl methyl sites for hydroxylation is 3. The van der Waals surface area contributed by atoms with Crippen LogP contribution in [0.25, 0.3) is 22.3 Å². The number of amides is 1. The lowest BCUT2D eigenvalue weighted by atomic mass is 10.3. The van der Waals surface area contributed by atoms with E-state index in [9.17, 15) is 19.2 Å². The van der Waals surface area contributed by atoms with Gasteiger partial charge in [-0.3, -0.25) is 23.9 Å². The highest BCUT2D eigenvalue weighted by atomic mass is 16.2. The molecule has 20 nitrogen and oxygen atoms in total. The number of aliphatic imine (C=N–C) groups is 1. The number of nitrogens with zero attached hydrogens (tertiary/aromatic N) is 11. The van der Waals surface area contributed by atoms with Gasteiger partial charge in [0.15, 0.2) is 22.6 Å². The van der Waals surface area contributed by atoms with Crippen molar-refractivity contribution in [3.63, 3.8) is 0 Å². The highest BCUT2D eigenvalue weighted by Crippen LogP contribution is 2.19. The molecule has 1 amide bonds. The van der Waals surface area contributed by atoms with E-state index in [4.69, 9.17) is 11.5 Å². The molecule has 20 heteroatoms. The number of hydrogen-bond donors (Lipinski definition) is 5. The minimum Gasteiger partial charge on any atom is -0.384 e. The molecule has 0 radical (unpaired) electrons. The second-order valence-corrected chi connectivity index (χ2v) is 15.7. The second kappa shape index (κ2) is 21.4. The minimum absolute atomic E-state index is 0.0769. The van der Waals surface area contributed by atoms with Crippen molar-refractivity contribution < 1.29 is 4.79 Å². The van der Waals surface area contributed by atoms with Crippen LogP contribution in [0.15, 0.2) is 87.6 Å². The first-order valence-corrected chi connectivity index (χ1v) is 20.1. The quantitative estimate of drug-likeness (QED) is 0.162. The van der Waals surface area contributed by atoms with Crippen LogP contribution in [-0.2, 0) is 4.79 Å². The summed E-state index contributed by atoms with van der Waals surface area (Å²) >= 11 is 0. The van der Waals surface area contributed by atoms with Crippen LogP contribution in [0.3, 0.4) is 0 Å². The van der Waals surface area contributed by atoms with Crippen LogP contribution < -0.4 is 33.6 Å². The van der Waals surface area contributed by atoms with E-state index in [1.165, 1.54) is 10.6 Å². The molecule has 7 N–H and O–H groups in total. The van der Waals surface area contributed by atoms with Crippen LogP contribution in [0.4, 0.5) is 5.82 Å². The summed E-state index contributed by atoms with van der Waals surface area (Å²) in [6, 6.07) is 1.38. The molecule has 5 aromatic heterocycles. The predicted molar refractivity (Wildman–Crippen MR) is 245 cm³/mol. The first kappa shape index (κ1) is 49.2. The zero-order valence-electron chi connectivity index (χ0n) is 38.0. The number of H-pyrrole nitrogens is 2. The van der Waals surface area contributed by atoms with Gasteiger partial charge in [-0.15, -0.1) is 0 Å². The lowest BCUT2D eigenvalue weighted by Crippen LogP contribution is -2.38. The fourth-order valence-electron chi connectivity index (χ4n) is 5.74. The van der Waals surface area contributed by atoms with E-state index in [1.807, 2.05) is 73.6 Å². The van der Waals surface area contributed by atoms with Gasteiger partial charge in [-0.1, -0.05) is 13.2 Å². The third-order valence-corrected chi connectivity index (χ3v) is 8.97. The highest BCUT2D eigenvalue weighted by Gasteiger charge is 2.15. The molecule has 0 aliphatic carbocycles. The number of anilines is 1. The van der Waals surface area contributed by atoms with E-state index in [2.05, 4.69) is 86.0 Å². The molecule has 0 atom stereocenters. The molecule has 0 saturated carbocycles. The van der Waals surface area contributed by atoms with Crippen LogP contribution >= 0.6 is 0 Å². The molecular weight excluding hydrogens is 793 g/mol. The Hall–Kier alpha value is -7.12. The molecule has 2 aliphatic heterocycles. The third-order valence-electron chi connectivity index (χ3n) is 8.97. The number of nitrogens with one attached hydrogen (secondary N) is 3. The van der Waals surface area contributed by atoms with Crippen molar-refractivity contribution in [3.05, 3.63) is 117 Å². The van der Waals surface area contributed by atoms with E-state index in [-0.39, 0.29) is 34.8 Å². The van der Waals surface area contributed by atoms with Gasteiger partial charge in [-0.05, 0) is 96.1 Å². The first-order chi connectivity index (χ1) is 28.9. The van der Waals surface area contributed by atoms with Crippen LogP contribution in [0.2, 0.25) is 0 Å². The molecular formula is C42H62N16O4. The van der Waals surface area contributed by atoms with E-state index in [0.29, 0.717) is 75.3 Å². The van der Waals surface area contributed by atoms with Crippen molar-refractivity contribution in [1.29, 1.82) is 0 Å². The van der Waals surface area contributed by atoms with E-state index in [0.717, 1.165) is 5.65 Å². The van der Waals surface area contributed by atoms with Crippen LogP contribution in [0.1, 0.15) is 105 Å². The van der Waals surface area contributed by atoms with E-state index < -0.39 is 0 Å². The predicted octanol–water partition coefficient (Wildman–Crippen LogP) is 4.60. The molecule has 7 rings (SSSR count). The van der Waals surface area contributed by atoms with Gasteiger partial charge in [0.25, 0.3) is 17.0 Å². The Morgan fingerprint density at radius 1 is 0.629 bits per heavy atom. The summed E-state index contributed by atoms with van der Waals surface area (Å²) in [5.41, 5.74) is 13.5. The fraction of sp³-hybridized carbons (Fsp3) is 0.429. The number of aromatic amines is 2. The van der Waals surface area contributed by atoms with Crippen LogP contribution in [0, 0.1) is 20.8 Å². The molecule has 62 heavy (non-hydrogen) atoms. The summed E-state index contributed by atoms with van der Waals surface area (Å²) in [5, 5.41) is 2.62. The van der Waals surface area contributed by atoms with Gasteiger partial charge in [0, 0.05) is 60.4 Å². The number of carbonyl (C=O) groups is 1. The molecule has 0 fully saturated rings. The van der Waals surface area contributed by atoms with Gasteiger partial charge < -0.3 is 40.7 Å².